The van der Waals surface area contributed by atoms with Gasteiger partial charge in [-0.3, -0.25) is 4.79 Å². The van der Waals surface area contributed by atoms with Crippen LogP contribution in [-0.2, 0) is 9.53 Å². The summed E-state index contributed by atoms with van der Waals surface area (Å²) in [5.74, 6) is 1.13. The number of nitrogens with one attached hydrogen (secondary N) is 1. The first kappa shape index (κ1) is 13.6. The molecule has 1 fully saturated rings. The predicted octanol–water partition coefficient (Wildman–Crippen LogP) is 2.21. The number of methoxy groups -OCH3 is 1. The number of hydrogen-bond donors (Lipinski definition) is 1. The number of aromatic nitrogens is 2. The van der Waals surface area contributed by atoms with Gasteiger partial charge in [0.15, 0.2) is 0 Å². The second-order valence-electron chi connectivity index (χ2n) is 6.22. The van der Waals surface area contributed by atoms with Gasteiger partial charge in [-0.25, -0.2) is 4.98 Å². The Labute approximate surface area is 119 Å². The maximum Gasteiger partial charge on any atom is 0.229 e. The van der Waals surface area contributed by atoms with E-state index in [0.29, 0.717) is 12.6 Å². The molecule has 2 aliphatic rings. The van der Waals surface area contributed by atoms with Crippen LogP contribution < -0.4 is 5.32 Å². The lowest BCUT2D eigenvalue weighted by atomic mass is 9.85. The number of fused-ring (bicyclic) bond motifs is 1. The first-order valence-electron chi connectivity index (χ1n) is 7.49. The van der Waals surface area contributed by atoms with Gasteiger partial charge in [0.25, 0.3) is 0 Å². The molecule has 1 aromatic rings. The molecule has 0 aromatic carbocycles. The number of amides is 1. The molecule has 5 nitrogen and oxygen atoms in total. The SMILES string of the molecule is COCC1(C(=O)NC2CC(C)n3ccnc32)CCCC1. The molecule has 1 aliphatic heterocycles. The fraction of sp³-hybridized carbons (Fsp3) is 0.733. The van der Waals surface area contributed by atoms with Crippen LogP contribution in [0.3, 0.4) is 0 Å². The zero-order chi connectivity index (χ0) is 14.2. The highest BCUT2D eigenvalue weighted by atomic mass is 16.5. The van der Waals surface area contributed by atoms with E-state index in [0.717, 1.165) is 37.9 Å². The number of rotatable bonds is 4. The summed E-state index contributed by atoms with van der Waals surface area (Å²) in [5, 5.41) is 3.22. The van der Waals surface area contributed by atoms with Crippen molar-refractivity contribution in [3.05, 3.63) is 18.2 Å². The van der Waals surface area contributed by atoms with Crippen molar-refractivity contribution in [1.82, 2.24) is 14.9 Å². The average molecular weight is 277 g/mol. The van der Waals surface area contributed by atoms with Gasteiger partial charge in [0.1, 0.15) is 5.82 Å². The van der Waals surface area contributed by atoms with Gasteiger partial charge in [-0.15, -0.1) is 0 Å². The van der Waals surface area contributed by atoms with Gasteiger partial charge in [-0.1, -0.05) is 12.8 Å². The molecule has 5 heteroatoms. The molecule has 0 bridgehead atoms. The molecule has 3 rings (SSSR count). The van der Waals surface area contributed by atoms with Crippen molar-refractivity contribution in [1.29, 1.82) is 0 Å². The zero-order valence-electron chi connectivity index (χ0n) is 12.3. The second kappa shape index (κ2) is 5.20. The van der Waals surface area contributed by atoms with Gasteiger partial charge in [-0.05, 0) is 26.2 Å². The van der Waals surface area contributed by atoms with Crippen molar-refractivity contribution >= 4 is 5.91 Å². The van der Waals surface area contributed by atoms with Crippen molar-refractivity contribution in [2.75, 3.05) is 13.7 Å². The van der Waals surface area contributed by atoms with Crippen LogP contribution in [0.1, 0.15) is 56.9 Å². The molecule has 0 saturated heterocycles. The Morgan fingerprint density at radius 3 is 3.00 bits per heavy atom. The lowest BCUT2D eigenvalue weighted by Crippen LogP contribution is -2.43. The van der Waals surface area contributed by atoms with E-state index in [1.807, 2.05) is 12.4 Å². The topological polar surface area (TPSA) is 56.1 Å². The predicted molar refractivity (Wildman–Crippen MR) is 75.2 cm³/mol. The highest BCUT2D eigenvalue weighted by molar-refractivity contribution is 5.83. The number of hydrogen-bond acceptors (Lipinski definition) is 3. The quantitative estimate of drug-likeness (QED) is 0.918. The fourth-order valence-corrected chi connectivity index (χ4v) is 3.73. The molecule has 2 unspecified atom stereocenters. The third-order valence-electron chi connectivity index (χ3n) is 4.83. The smallest absolute Gasteiger partial charge is 0.229 e. The summed E-state index contributed by atoms with van der Waals surface area (Å²) in [7, 11) is 1.68. The fourth-order valence-electron chi connectivity index (χ4n) is 3.73. The molecular weight excluding hydrogens is 254 g/mol. The monoisotopic (exact) mass is 277 g/mol. The van der Waals surface area contributed by atoms with Gasteiger partial charge in [0.05, 0.1) is 18.1 Å². The molecule has 110 valence electrons. The van der Waals surface area contributed by atoms with Crippen LogP contribution in [0, 0.1) is 5.41 Å². The number of carbonyl (C=O) groups excluding carboxylic acids is 1. The van der Waals surface area contributed by atoms with Crippen molar-refractivity contribution in [2.45, 2.75) is 51.1 Å². The van der Waals surface area contributed by atoms with Gasteiger partial charge in [0, 0.05) is 25.5 Å². The minimum Gasteiger partial charge on any atom is -0.384 e. The number of carbonyl (C=O) groups is 1. The highest BCUT2D eigenvalue weighted by Gasteiger charge is 2.43. The lowest BCUT2D eigenvalue weighted by Gasteiger charge is -2.28. The molecule has 0 spiro atoms. The largest absolute Gasteiger partial charge is 0.384 e. The Bertz CT molecular complexity index is 491. The standard InChI is InChI=1S/C15H23N3O2/c1-11-9-12(13-16-7-8-18(11)13)17-14(19)15(10-20-2)5-3-4-6-15/h7-8,11-12H,3-6,9-10H2,1-2H3,(H,17,19). The molecular formula is C15H23N3O2. The maximum absolute atomic E-state index is 12.7. The van der Waals surface area contributed by atoms with Crippen molar-refractivity contribution in [3.8, 4) is 0 Å². The summed E-state index contributed by atoms with van der Waals surface area (Å²) >= 11 is 0. The van der Waals surface area contributed by atoms with Gasteiger partial charge < -0.3 is 14.6 Å². The summed E-state index contributed by atoms with van der Waals surface area (Å²) in [6, 6.07) is 0.446. The zero-order valence-corrected chi connectivity index (χ0v) is 12.3. The van der Waals surface area contributed by atoms with Crippen molar-refractivity contribution in [2.24, 2.45) is 5.41 Å². The molecule has 0 radical (unpaired) electrons. The first-order valence-corrected chi connectivity index (χ1v) is 7.49. The third-order valence-corrected chi connectivity index (χ3v) is 4.83. The van der Waals surface area contributed by atoms with E-state index >= 15 is 0 Å². The summed E-state index contributed by atoms with van der Waals surface area (Å²) in [6.07, 6.45) is 8.83. The van der Waals surface area contributed by atoms with Gasteiger partial charge >= 0.3 is 0 Å². The molecule has 2 heterocycles. The molecule has 1 aromatic heterocycles. The molecule has 1 saturated carbocycles. The first-order chi connectivity index (χ1) is 9.66. The van der Waals surface area contributed by atoms with E-state index in [1.54, 1.807) is 7.11 Å². The minimum atomic E-state index is -0.321. The number of ether oxygens (including phenoxy) is 1. The van der Waals surface area contributed by atoms with Crippen molar-refractivity contribution in [3.63, 3.8) is 0 Å². The Hall–Kier alpha value is -1.36. The molecule has 1 aliphatic carbocycles. The van der Waals surface area contributed by atoms with Gasteiger partial charge in [0.2, 0.25) is 5.91 Å². The van der Waals surface area contributed by atoms with Crippen LogP contribution in [0.15, 0.2) is 12.4 Å². The Morgan fingerprint density at radius 2 is 2.30 bits per heavy atom. The maximum atomic E-state index is 12.7. The van der Waals surface area contributed by atoms with Crippen LogP contribution in [-0.4, -0.2) is 29.2 Å². The number of imidazole rings is 1. The normalized spacial score (nSPS) is 27.5. The Morgan fingerprint density at radius 1 is 1.55 bits per heavy atom. The van der Waals surface area contributed by atoms with Crippen LogP contribution in [0.4, 0.5) is 0 Å². The molecule has 1 N–H and O–H groups in total. The number of nitrogens with zero attached hydrogens (tertiary/aromatic N) is 2. The van der Waals surface area contributed by atoms with Crippen LogP contribution >= 0.6 is 0 Å². The van der Waals surface area contributed by atoms with E-state index in [9.17, 15) is 4.79 Å². The van der Waals surface area contributed by atoms with E-state index in [4.69, 9.17) is 4.74 Å². The summed E-state index contributed by atoms with van der Waals surface area (Å²) in [4.78, 5) is 17.1. The summed E-state index contributed by atoms with van der Waals surface area (Å²) < 4.78 is 7.46. The third kappa shape index (κ3) is 2.14. The van der Waals surface area contributed by atoms with E-state index < -0.39 is 0 Å². The molecule has 20 heavy (non-hydrogen) atoms. The molecule has 1 amide bonds. The van der Waals surface area contributed by atoms with Crippen LogP contribution in [0.5, 0.6) is 0 Å². The van der Waals surface area contributed by atoms with E-state index in [2.05, 4.69) is 21.8 Å². The summed E-state index contributed by atoms with van der Waals surface area (Å²) in [5.41, 5.74) is -0.321. The van der Waals surface area contributed by atoms with Crippen LogP contribution in [0.25, 0.3) is 0 Å². The van der Waals surface area contributed by atoms with E-state index in [1.165, 1.54) is 0 Å². The lowest BCUT2D eigenvalue weighted by molar-refractivity contribution is -0.134. The second-order valence-corrected chi connectivity index (χ2v) is 6.22. The highest BCUT2D eigenvalue weighted by Crippen LogP contribution is 2.40. The van der Waals surface area contributed by atoms with E-state index in [-0.39, 0.29) is 17.4 Å². The Kier molecular flexibility index (Phi) is 3.54. The molecule has 2 atom stereocenters. The van der Waals surface area contributed by atoms with Crippen LogP contribution in [0.2, 0.25) is 0 Å². The minimum absolute atomic E-state index is 0.0434. The van der Waals surface area contributed by atoms with Gasteiger partial charge in [-0.2, -0.15) is 0 Å². The average Bonchev–Trinajstić information content (AvgIpc) is 3.11. The van der Waals surface area contributed by atoms with Crippen molar-refractivity contribution < 1.29 is 9.53 Å². The summed E-state index contributed by atoms with van der Waals surface area (Å²) in [6.45, 7) is 2.69. The Balaban J connectivity index is 1.73.